The first-order chi connectivity index (χ1) is 11.3. The summed E-state index contributed by atoms with van der Waals surface area (Å²) in [5.41, 5.74) is 2.45. The van der Waals surface area contributed by atoms with Crippen molar-refractivity contribution >= 4 is 17.2 Å². The zero-order chi connectivity index (χ0) is 16.1. The van der Waals surface area contributed by atoms with Crippen molar-refractivity contribution in [1.82, 2.24) is 10.2 Å². The summed E-state index contributed by atoms with van der Waals surface area (Å²) in [6.07, 6.45) is 0.945. The lowest BCUT2D eigenvalue weighted by Crippen LogP contribution is -2.44. The molecule has 5 heteroatoms. The summed E-state index contributed by atoms with van der Waals surface area (Å²) in [6.45, 7) is 2.43. The minimum atomic E-state index is 0.0305. The largest absolute Gasteiger partial charge is 0.383 e. The van der Waals surface area contributed by atoms with E-state index < -0.39 is 0 Å². The first kappa shape index (κ1) is 16.2. The lowest BCUT2D eigenvalue weighted by atomic mass is 9.93. The number of rotatable bonds is 6. The molecule has 1 aromatic carbocycles. The summed E-state index contributed by atoms with van der Waals surface area (Å²) in [4.78, 5) is 16.1. The predicted octanol–water partition coefficient (Wildman–Crippen LogP) is 2.46. The first-order valence-electron chi connectivity index (χ1n) is 7.91. The molecule has 122 valence electrons. The lowest BCUT2D eigenvalue weighted by Gasteiger charge is -2.36. The molecule has 1 amide bonds. The maximum absolute atomic E-state index is 12.7. The smallest absolute Gasteiger partial charge is 0.237 e. The van der Waals surface area contributed by atoms with Crippen LogP contribution in [0.1, 0.15) is 22.0 Å². The summed E-state index contributed by atoms with van der Waals surface area (Å²) < 4.78 is 5.01. The van der Waals surface area contributed by atoms with Gasteiger partial charge in [0.05, 0.1) is 19.2 Å². The number of thiophene rings is 1. The number of hydrogen-bond donors (Lipinski definition) is 1. The highest BCUT2D eigenvalue weighted by molar-refractivity contribution is 7.10. The highest BCUT2D eigenvalue weighted by atomic mass is 32.1. The molecule has 1 aromatic heterocycles. The van der Waals surface area contributed by atoms with Gasteiger partial charge >= 0.3 is 0 Å². The Morgan fingerprint density at radius 3 is 2.96 bits per heavy atom. The number of hydrogen-bond acceptors (Lipinski definition) is 4. The molecule has 1 atom stereocenters. The second kappa shape index (κ2) is 7.73. The van der Waals surface area contributed by atoms with Crippen LogP contribution >= 0.6 is 11.3 Å². The van der Waals surface area contributed by atoms with Crippen LogP contribution in [-0.4, -0.2) is 44.2 Å². The Hall–Kier alpha value is -1.69. The molecule has 3 rings (SSSR count). The van der Waals surface area contributed by atoms with Crippen molar-refractivity contribution < 1.29 is 9.53 Å². The number of amides is 1. The number of carbonyl (C=O) groups excluding carboxylic acids is 1. The van der Waals surface area contributed by atoms with Gasteiger partial charge in [-0.05, 0) is 29.0 Å². The SMILES string of the molecule is COCCNCC(=O)N1CCc2sccc2C1c1ccccc1. The van der Waals surface area contributed by atoms with E-state index in [1.165, 1.54) is 16.0 Å². The van der Waals surface area contributed by atoms with Gasteiger partial charge in [-0.1, -0.05) is 30.3 Å². The molecule has 0 saturated heterocycles. The number of nitrogens with one attached hydrogen (secondary N) is 1. The molecule has 0 aliphatic carbocycles. The fourth-order valence-corrected chi connectivity index (χ4v) is 3.95. The van der Waals surface area contributed by atoms with Crippen LogP contribution < -0.4 is 5.32 Å². The predicted molar refractivity (Wildman–Crippen MR) is 92.8 cm³/mol. The van der Waals surface area contributed by atoms with Gasteiger partial charge in [0, 0.05) is 25.1 Å². The van der Waals surface area contributed by atoms with Crippen molar-refractivity contribution in [1.29, 1.82) is 0 Å². The number of ether oxygens (including phenoxy) is 1. The van der Waals surface area contributed by atoms with E-state index in [9.17, 15) is 4.79 Å². The first-order valence-corrected chi connectivity index (χ1v) is 8.79. The molecule has 1 N–H and O–H groups in total. The average Bonchev–Trinajstić information content (AvgIpc) is 3.07. The van der Waals surface area contributed by atoms with Crippen LogP contribution in [0.2, 0.25) is 0 Å². The van der Waals surface area contributed by atoms with Crippen LogP contribution in [0.5, 0.6) is 0 Å². The number of methoxy groups -OCH3 is 1. The van der Waals surface area contributed by atoms with Gasteiger partial charge in [0.1, 0.15) is 0 Å². The Labute approximate surface area is 141 Å². The summed E-state index contributed by atoms with van der Waals surface area (Å²) >= 11 is 1.79. The highest BCUT2D eigenvalue weighted by Gasteiger charge is 2.32. The molecule has 23 heavy (non-hydrogen) atoms. The fourth-order valence-electron chi connectivity index (χ4n) is 3.05. The van der Waals surface area contributed by atoms with Crippen LogP contribution in [-0.2, 0) is 16.0 Å². The molecule has 0 spiro atoms. The van der Waals surface area contributed by atoms with Crippen LogP contribution in [0.3, 0.4) is 0 Å². The molecule has 0 fully saturated rings. The van der Waals surface area contributed by atoms with E-state index in [0.29, 0.717) is 19.7 Å². The van der Waals surface area contributed by atoms with Gasteiger partial charge in [-0.25, -0.2) is 0 Å². The van der Waals surface area contributed by atoms with Crippen molar-refractivity contribution in [3.63, 3.8) is 0 Å². The third-order valence-electron chi connectivity index (χ3n) is 4.16. The molecule has 4 nitrogen and oxygen atoms in total. The Morgan fingerprint density at radius 1 is 1.35 bits per heavy atom. The van der Waals surface area contributed by atoms with Crippen molar-refractivity contribution in [2.75, 3.05) is 33.4 Å². The van der Waals surface area contributed by atoms with E-state index in [2.05, 4.69) is 28.9 Å². The Morgan fingerprint density at radius 2 is 2.17 bits per heavy atom. The minimum Gasteiger partial charge on any atom is -0.383 e. The number of benzene rings is 1. The van der Waals surface area contributed by atoms with Gasteiger partial charge in [0.2, 0.25) is 5.91 Å². The fraction of sp³-hybridized carbons (Fsp3) is 0.389. The topological polar surface area (TPSA) is 41.6 Å². The zero-order valence-electron chi connectivity index (χ0n) is 13.3. The summed E-state index contributed by atoms with van der Waals surface area (Å²) in [7, 11) is 1.66. The van der Waals surface area contributed by atoms with Gasteiger partial charge in [-0.3, -0.25) is 4.79 Å². The van der Waals surface area contributed by atoms with Crippen LogP contribution in [0, 0.1) is 0 Å². The van der Waals surface area contributed by atoms with Crippen LogP contribution in [0.15, 0.2) is 41.8 Å². The molecule has 1 aliphatic rings. The molecule has 2 heterocycles. The molecular weight excluding hydrogens is 308 g/mol. The van der Waals surface area contributed by atoms with Crippen LogP contribution in [0.4, 0.5) is 0 Å². The van der Waals surface area contributed by atoms with Gasteiger partial charge in [0.25, 0.3) is 0 Å². The Bertz CT molecular complexity index is 641. The zero-order valence-corrected chi connectivity index (χ0v) is 14.1. The average molecular weight is 330 g/mol. The number of carbonyl (C=O) groups is 1. The summed E-state index contributed by atoms with van der Waals surface area (Å²) in [5.74, 6) is 0.145. The number of nitrogens with zero attached hydrogens (tertiary/aromatic N) is 1. The monoisotopic (exact) mass is 330 g/mol. The molecule has 1 unspecified atom stereocenters. The molecule has 2 aromatic rings. The van der Waals surface area contributed by atoms with Crippen molar-refractivity contribution in [2.24, 2.45) is 0 Å². The molecular formula is C18H22N2O2S. The highest BCUT2D eigenvalue weighted by Crippen LogP contribution is 2.37. The summed E-state index contributed by atoms with van der Waals surface area (Å²) in [5, 5.41) is 5.29. The molecule has 0 saturated carbocycles. The second-order valence-electron chi connectivity index (χ2n) is 5.62. The normalized spacial score (nSPS) is 17.1. The second-order valence-corrected chi connectivity index (χ2v) is 6.62. The third kappa shape index (κ3) is 3.63. The van der Waals surface area contributed by atoms with E-state index in [1.807, 2.05) is 23.1 Å². The van der Waals surface area contributed by atoms with Gasteiger partial charge in [-0.15, -0.1) is 11.3 Å². The molecule has 1 aliphatic heterocycles. The Balaban J connectivity index is 1.80. The van der Waals surface area contributed by atoms with E-state index in [-0.39, 0.29) is 11.9 Å². The van der Waals surface area contributed by atoms with Crippen molar-refractivity contribution in [3.05, 3.63) is 57.8 Å². The quantitative estimate of drug-likeness (QED) is 0.827. The third-order valence-corrected chi connectivity index (χ3v) is 5.16. The van der Waals surface area contributed by atoms with E-state index in [4.69, 9.17) is 4.74 Å². The van der Waals surface area contributed by atoms with Crippen LogP contribution in [0.25, 0.3) is 0 Å². The molecule has 0 bridgehead atoms. The van der Waals surface area contributed by atoms with E-state index in [1.54, 1.807) is 18.4 Å². The molecule has 0 radical (unpaired) electrons. The summed E-state index contributed by atoms with van der Waals surface area (Å²) in [6, 6.07) is 12.5. The maximum atomic E-state index is 12.7. The minimum absolute atomic E-state index is 0.0305. The maximum Gasteiger partial charge on any atom is 0.237 e. The van der Waals surface area contributed by atoms with Crippen molar-refractivity contribution in [3.8, 4) is 0 Å². The van der Waals surface area contributed by atoms with E-state index >= 15 is 0 Å². The van der Waals surface area contributed by atoms with Gasteiger partial charge in [0.15, 0.2) is 0 Å². The Kier molecular flexibility index (Phi) is 5.43. The van der Waals surface area contributed by atoms with E-state index in [0.717, 1.165) is 13.0 Å². The van der Waals surface area contributed by atoms with Gasteiger partial charge < -0.3 is 15.0 Å². The number of fused-ring (bicyclic) bond motifs is 1. The standard InChI is InChI=1S/C18H22N2O2S/c1-22-11-9-19-13-17(21)20-10-7-16-15(8-12-23-16)18(20)14-5-3-2-4-6-14/h2-6,8,12,18-19H,7,9-11,13H2,1H3. The lowest BCUT2D eigenvalue weighted by molar-refractivity contribution is -0.132. The van der Waals surface area contributed by atoms with Gasteiger partial charge in [-0.2, -0.15) is 0 Å². The van der Waals surface area contributed by atoms with Crippen molar-refractivity contribution in [2.45, 2.75) is 12.5 Å².